The highest BCUT2D eigenvalue weighted by Crippen LogP contribution is 2.29. The van der Waals surface area contributed by atoms with Crippen LogP contribution in [-0.4, -0.2) is 29.1 Å². The number of hydrogen-bond acceptors (Lipinski definition) is 4. The summed E-state index contributed by atoms with van der Waals surface area (Å²) in [6, 6.07) is 9.65. The summed E-state index contributed by atoms with van der Waals surface area (Å²) in [6.45, 7) is 0.410. The highest BCUT2D eigenvalue weighted by molar-refractivity contribution is 7.80. The smallest absolute Gasteiger partial charge is 0.175 e. The molecule has 6 nitrogen and oxygen atoms in total. The second kappa shape index (κ2) is 8.90. The number of methoxy groups -OCH3 is 2. The van der Waals surface area contributed by atoms with Gasteiger partial charge in [-0.25, -0.2) is 4.39 Å². The standard InChI is InChI=1S/C19H18ClFN4O2S/c1-26-15-5-6-17(18(8-15)27-2)24-19(28)23-14-9-22-25(11-14)10-12-3-4-13(21)7-16(12)20/h3-9,11H,10H2,1-2H3,(H2,23,24,28). The predicted molar refractivity (Wildman–Crippen MR) is 112 cm³/mol. The van der Waals surface area contributed by atoms with Gasteiger partial charge in [0.15, 0.2) is 5.11 Å². The lowest BCUT2D eigenvalue weighted by Gasteiger charge is -2.13. The number of halogens is 2. The first-order valence-electron chi connectivity index (χ1n) is 8.25. The third-order valence-electron chi connectivity index (χ3n) is 3.90. The van der Waals surface area contributed by atoms with Gasteiger partial charge in [-0.3, -0.25) is 4.68 Å². The van der Waals surface area contributed by atoms with Crippen LogP contribution in [0.2, 0.25) is 5.02 Å². The van der Waals surface area contributed by atoms with Crippen LogP contribution in [0.5, 0.6) is 11.5 Å². The summed E-state index contributed by atoms with van der Waals surface area (Å²) < 4.78 is 25.4. The first-order chi connectivity index (χ1) is 13.5. The van der Waals surface area contributed by atoms with Crippen molar-refractivity contribution in [2.45, 2.75) is 6.54 Å². The molecule has 1 aromatic heterocycles. The van der Waals surface area contributed by atoms with Gasteiger partial charge in [0, 0.05) is 17.3 Å². The van der Waals surface area contributed by atoms with E-state index in [0.717, 1.165) is 5.56 Å². The molecule has 0 atom stereocenters. The predicted octanol–water partition coefficient (Wildman–Crippen LogP) is 4.55. The lowest BCUT2D eigenvalue weighted by Crippen LogP contribution is -2.19. The molecule has 2 aromatic carbocycles. The second-order valence-corrected chi connectivity index (χ2v) is 6.62. The zero-order valence-corrected chi connectivity index (χ0v) is 16.8. The van der Waals surface area contributed by atoms with Crippen LogP contribution in [0.1, 0.15) is 5.56 Å². The van der Waals surface area contributed by atoms with Crippen LogP contribution in [0.4, 0.5) is 15.8 Å². The summed E-state index contributed by atoms with van der Waals surface area (Å²) in [7, 11) is 3.16. The zero-order chi connectivity index (χ0) is 20.1. The number of thiocarbonyl (C=S) groups is 1. The molecule has 0 bridgehead atoms. The van der Waals surface area contributed by atoms with Crippen LogP contribution < -0.4 is 20.1 Å². The van der Waals surface area contributed by atoms with Crippen molar-refractivity contribution in [1.29, 1.82) is 0 Å². The number of hydrogen-bond donors (Lipinski definition) is 2. The van der Waals surface area contributed by atoms with Gasteiger partial charge < -0.3 is 20.1 Å². The quantitative estimate of drug-likeness (QED) is 0.570. The Labute approximate surface area is 172 Å². The van der Waals surface area contributed by atoms with Gasteiger partial charge in [-0.15, -0.1) is 0 Å². The van der Waals surface area contributed by atoms with Crippen molar-refractivity contribution >= 4 is 40.3 Å². The van der Waals surface area contributed by atoms with Gasteiger partial charge in [-0.05, 0) is 42.0 Å². The Kier molecular flexibility index (Phi) is 6.33. The van der Waals surface area contributed by atoms with Gasteiger partial charge in [-0.1, -0.05) is 17.7 Å². The molecule has 3 rings (SSSR count). The van der Waals surface area contributed by atoms with E-state index in [0.29, 0.717) is 39.6 Å². The van der Waals surface area contributed by atoms with Gasteiger partial charge in [0.05, 0.1) is 38.3 Å². The average molecular weight is 421 g/mol. The van der Waals surface area contributed by atoms with E-state index >= 15 is 0 Å². The van der Waals surface area contributed by atoms with E-state index in [4.69, 9.17) is 33.3 Å². The Balaban J connectivity index is 1.64. The van der Waals surface area contributed by atoms with Gasteiger partial charge in [0.2, 0.25) is 0 Å². The van der Waals surface area contributed by atoms with Gasteiger partial charge in [0.25, 0.3) is 0 Å². The summed E-state index contributed by atoms with van der Waals surface area (Å²) in [5, 5.41) is 11.1. The number of rotatable bonds is 6. The second-order valence-electron chi connectivity index (χ2n) is 5.81. The molecule has 2 N–H and O–H groups in total. The molecule has 0 unspecified atom stereocenters. The molecule has 0 aliphatic heterocycles. The van der Waals surface area contributed by atoms with E-state index in [2.05, 4.69) is 15.7 Å². The molecular formula is C19H18ClFN4O2S. The lowest BCUT2D eigenvalue weighted by atomic mass is 10.2. The molecule has 9 heteroatoms. The van der Waals surface area contributed by atoms with Crippen molar-refractivity contribution < 1.29 is 13.9 Å². The molecule has 0 aliphatic rings. The molecule has 0 fully saturated rings. The maximum atomic E-state index is 13.2. The molecule has 0 saturated heterocycles. The molecule has 3 aromatic rings. The van der Waals surface area contributed by atoms with Crippen LogP contribution in [-0.2, 0) is 6.54 Å². The molecule has 0 aliphatic carbocycles. The monoisotopic (exact) mass is 420 g/mol. The van der Waals surface area contributed by atoms with Crippen molar-refractivity contribution in [3.8, 4) is 11.5 Å². The van der Waals surface area contributed by atoms with Crippen molar-refractivity contribution in [3.05, 3.63) is 65.2 Å². The minimum absolute atomic E-state index is 0.355. The van der Waals surface area contributed by atoms with Crippen LogP contribution in [0, 0.1) is 5.82 Å². The van der Waals surface area contributed by atoms with Crippen molar-refractivity contribution in [2.24, 2.45) is 0 Å². The highest BCUT2D eigenvalue weighted by Gasteiger charge is 2.09. The number of benzene rings is 2. The number of anilines is 2. The highest BCUT2D eigenvalue weighted by atomic mass is 35.5. The SMILES string of the molecule is COc1ccc(NC(=S)Nc2cnn(Cc3ccc(F)cc3Cl)c2)c(OC)c1. The lowest BCUT2D eigenvalue weighted by molar-refractivity contribution is 0.395. The number of nitrogens with one attached hydrogen (secondary N) is 2. The third kappa shape index (κ3) is 4.90. The normalized spacial score (nSPS) is 10.4. The summed E-state index contributed by atoms with van der Waals surface area (Å²) >= 11 is 11.4. The Morgan fingerprint density at radius 1 is 1.18 bits per heavy atom. The van der Waals surface area contributed by atoms with E-state index in [1.165, 1.54) is 12.1 Å². The Bertz CT molecular complexity index is 996. The number of ether oxygens (including phenoxy) is 2. The minimum Gasteiger partial charge on any atom is -0.497 e. The Morgan fingerprint density at radius 2 is 2.00 bits per heavy atom. The fourth-order valence-corrected chi connectivity index (χ4v) is 2.98. The maximum absolute atomic E-state index is 13.2. The first-order valence-corrected chi connectivity index (χ1v) is 9.03. The summed E-state index contributed by atoms with van der Waals surface area (Å²) in [5.74, 6) is 0.911. The van der Waals surface area contributed by atoms with Gasteiger partial charge in [-0.2, -0.15) is 5.10 Å². The molecule has 0 saturated carbocycles. The average Bonchev–Trinajstić information content (AvgIpc) is 3.11. The third-order valence-corrected chi connectivity index (χ3v) is 4.45. The van der Waals surface area contributed by atoms with Crippen molar-refractivity contribution in [2.75, 3.05) is 24.9 Å². The Hall–Kier alpha value is -2.84. The number of aromatic nitrogens is 2. The van der Waals surface area contributed by atoms with Crippen LogP contribution >= 0.6 is 23.8 Å². The molecule has 1 heterocycles. The molecule has 0 spiro atoms. The van der Waals surface area contributed by atoms with Crippen LogP contribution in [0.15, 0.2) is 48.8 Å². The maximum Gasteiger partial charge on any atom is 0.175 e. The van der Waals surface area contributed by atoms with E-state index in [1.54, 1.807) is 49.5 Å². The van der Waals surface area contributed by atoms with Crippen LogP contribution in [0.3, 0.4) is 0 Å². The van der Waals surface area contributed by atoms with Crippen molar-refractivity contribution in [3.63, 3.8) is 0 Å². The fourth-order valence-electron chi connectivity index (χ4n) is 2.53. The topological polar surface area (TPSA) is 60.3 Å². The van der Waals surface area contributed by atoms with Gasteiger partial charge >= 0.3 is 0 Å². The van der Waals surface area contributed by atoms with E-state index in [9.17, 15) is 4.39 Å². The van der Waals surface area contributed by atoms with E-state index in [-0.39, 0.29) is 5.82 Å². The van der Waals surface area contributed by atoms with Crippen molar-refractivity contribution in [1.82, 2.24) is 9.78 Å². The van der Waals surface area contributed by atoms with E-state index in [1.807, 2.05) is 6.07 Å². The molecule has 146 valence electrons. The fraction of sp³-hybridized carbons (Fsp3) is 0.158. The molecule has 28 heavy (non-hydrogen) atoms. The zero-order valence-electron chi connectivity index (χ0n) is 15.2. The molecule has 0 radical (unpaired) electrons. The first kappa shape index (κ1) is 19.9. The minimum atomic E-state index is -0.373. The molecular weight excluding hydrogens is 403 g/mol. The summed E-state index contributed by atoms with van der Waals surface area (Å²) in [4.78, 5) is 0. The Morgan fingerprint density at radius 3 is 2.71 bits per heavy atom. The van der Waals surface area contributed by atoms with E-state index < -0.39 is 0 Å². The van der Waals surface area contributed by atoms with Crippen LogP contribution in [0.25, 0.3) is 0 Å². The molecule has 0 amide bonds. The summed E-state index contributed by atoms with van der Waals surface area (Å²) in [5.41, 5.74) is 2.16. The number of nitrogens with zero attached hydrogens (tertiary/aromatic N) is 2. The summed E-state index contributed by atoms with van der Waals surface area (Å²) in [6.07, 6.45) is 3.41. The largest absolute Gasteiger partial charge is 0.497 e. The van der Waals surface area contributed by atoms with Gasteiger partial charge in [0.1, 0.15) is 17.3 Å².